The second-order valence-electron chi connectivity index (χ2n) is 13.3. The van der Waals surface area contributed by atoms with E-state index in [-0.39, 0.29) is 12.8 Å². The summed E-state index contributed by atoms with van der Waals surface area (Å²) in [4.78, 5) is 55.7. The first-order valence-electron chi connectivity index (χ1n) is 15.6. The predicted octanol–water partition coefficient (Wildman–Crippen LogP) is 5.41. The van der Waals surface area contributed by atoms with Crippen LogP contribution < -0.4 is 10.6 Å². The molecule has 3 aromatic carbocycles. The maximum atomic E-state index is 14.6. The van der Waals surface area contributed by atoms with Crippen molar-refractivity contribution in [1.29, 1.82) is 0 Å². The van der Waals surface area contributed by atoms with Gasteiger partial charge in [-0.05, 0) is 75.1 Å². The number of benzene rings is 3. The Morgan fingerprint density at radius 1 is 0.851 bits per heavy atom. The highest BCUT2D eigenvalue weighted by Gasteiger charge is 2.35. The summed E-state index contributed by atoms with van der Waals surface area (Å²) >= 11 is 0. The molecule has 2 unspecified atom stereocenters. The molecule has 0 saturated carbocycles. The number of ether oxygens (including phenoxy) is 1. The number of carbonyl (C=O) groups excluding carboxylic acids is 4. The van der Waals surface area contributed by atoms with E-state index in [4.69, 9.17) is 4.74 Å². The molecule has 0 aromatic heterocycles. The second-order valence-corrected chi connectivity index (χ2v) is 13.3. The molecule has 0 bridgehead atoms. The van der Waals surface area contributed by atoms with Crippen LogP contribution in [0.3, 0.4) is 0 Å². The third kappa shape index (κ3) is 10.7. The van der Waals surface area contributed by atoms with Crippen molar-refractivity contribution in [3.63, 3.8) is 0 Å². The van der Waals surface area contributed by atoms with Crippen molar-refractivity contribution in [2.24, 2.45) is 0 Å². The molecule has 3 aromatic rings. The Morgan fingerprint density at radius 3 is 2.13 bits per heavy atom. The lowest BCUT2D eigenvalue weighted by Crippen LogP contribution is -2.55. The molecular formula is C37H47FN4O5. The van der Waals surface area contributed by atoms with E-state index in [2.05, 4.69) is 10.6 Å². The summed E-state index contributed by atoms with van der Waals surface area (Å²) in [6.45, 7) is 8.95. The van der Waals surface area contributed by atoms with Crippen molar-refractivity contribution in [2.75, 3.05) is 21.1 Å². The van der Waals surface area contributed by atoms with Gasteiger partial charge in [-0.3, -0.25) is 14.4 Å². The van der Waals surface area contributed by atoms with Crippen molar-refractivity contribution < 1.29 is 28.3 Å². The number of nitrogens with one attached hydrogen (secondary N) is 2. The number of rotatable bonds is 12. The smallest absolute Gasteiger partial charge is 0.408 e. The summed E-state index contributed by atoms with van der Waals surface area (Å²) in [5.41, 5.74) is -0.249. The van der Waals surface area contributed by atoms with E-state index in [1.165, 1.54) is 36.0 Å². The molecule has 10 heteroatoms. The molecule has 252 valence electrons. The largest absolute Gasteiger partial charge is 0.444 e. The molecule has 0 radical (unpaired) electrons. The first-order chi connectivity index (χ1) is 22.0. The normalized spacial score (nSPS) is 13.1. The van der Waals surface area contributed by atoms with Gasteiger partial charge < -0.3 is 25.2 Å². The molecule has 9 nitrogen and oxygen atoms in total. The van der Waals surface area contributed by atoms with E-state index in [1.54, 1.807) is 52.1 Å². The number of alkyl carbamates (subject to hydrolysis) is 1. The quantitative estimate of drug-likeness (QED) is 0.256. The zero-order valence-electron chi connectivity index (χ0n) is 28.6. The minimum atomic E-state index is -1.03. The van der Waals surface area contributed by atoms with Crippen LogP contribution >= 0.6 is 0 Å². The monoisotopic (exact) mass is 646 g/mol. The van der Waals surface area contributed by atoms with Crippen molar-refractivity contribution in [3.8, 4) is 0 Å². The molecular weight excluding hydrogens is 599 g/mol. The second kappa shape index (κ2) is 15.7. The molecule has 0 heterocycles. The van der Waals surface area contributed by atoms with Gasteiger partial charge in [-0.1, -0.05) is 66.7 Å². The molecule has 0 aliphatic carbocycles. The van der Waals surface area contributed by atoms with Gasteiger partial charge in [0.1, 0.15) is 23.5 Å². The van der Waals surface area contributed by atoms with E-state index in [9.17, 15) is 23.6 Å². The molecule has 0 aliphatic heterocycles. The van der Waals surface area contributed by atoms with Crippen LogP contribution in [0.4, 0.5) is 9.18 Å². The minimum absolute atomic E-state index is 0.0470. The Balaban J connectivity index is 1.88. The molecule has 2 N–H and O–H groups in total. The SMILES string of the molecule is CNC(=O)C(Cc1ccccc1F)N(C)C(=O)C(Cc1ccc2ccccc2c1)N(C)C(=O)C=CCC(C)(C)NC(=O)OC(C)(C)C. The minimum Gasteiger partial charge on any atom is -0.444 e. The zero-order valence-corrected chi connectivity index (χ0v) is 28.6. The number of likely N-dealkylation sites (N-methyl/N-ethyl adjacent to an activating group) is 3. The van der Waals surface area contributed by atoms with Crippen LogP contribution in [-0.2, 0) is 32.0 Å². The van der Waals surface area contributed by atoms with Gasteiger partial charge in [0, 0.05) is 39.5 Å². The van der Waals surface area contributed by atoms with Gasteiger partial charge in [0.15, 0.2) is 0 Å². The lowest BCUT2D eigenvalue weighted by Gasteiger charge is -2.34. The summed E-state index contributed by atoms with van der Waals surface area (Å²) in [6.07, 6.45) is 2.89. The fraction of sp³-hybridized carbons (Fsp3) is 0.405. The van der Waals surface area contributed by atoms with Crippen molar-refractivity contribution >= 4 is 34.6 Å². The van der Waals surface area contributed by atoms with Gasteiger partial charge >= 0.3 is 6.09 Å². The molecule has 0 aliphatic rings. The highest BCUT2D eigenvalue weighted by Crippen LogP contribution is 2.21. The number of halogens is 1. The van der Waals surface area contributed by atoms with Crippen molar-refractivity contribution in [2.45, 2.75) is 77.1 Å². The number of amides is 4. The van der Waals surface area contributed by atoms with Gasteiger partial charge in [-0.2, -0.15) is 0 Å². The highest BCUT2D eigenvalue weighted by molar-refractivity contribution is 5.95. The summed E-state index contributed by atoms with van der Waals surface area (Å²) in [5.74, 6) is -1.84. The molecule has 2 atom stereocenters. The number of fused-ring (bicyclic) bond motifs is 1. The van der Waals surface area contributed by atoms with E-state index < -0.39 is 52.9 Å². The molecule has 4 amide bonds. The maximum Gasteiger partial charge on any atom is 0.408 e. The van der Waals surface area contributed by atoms with Crippen LogP contribution in [0.1, 0.15) is 52.2 Å². The summed E-state index contributed by atoms with van der Waals surface area (Å²) in [7, 11) is 4.50. The van der Waals surface area contributed by atoms with Gasteiger partial charge in [-0.15, -0.1) is 0 Å². The van der Waals surface area contributed by atoms with Crippen LogP contribution in [0.15, 0.2) is 78.9 Å². The summed E-state index contributed by atoms with van der Waals surface area (Å²) in [5, 5.41) is 7.42. The van der Waals surface area contributed by atoms with Crippen LogP contribution in [0, 0.1) is 5.82 Å². The standard InChI is InChI=1S/C37H47FN4O5/c1-36(2,3)47-35(46)40-37(4,5)21-13-18-32(43)41(7)31(23-25-19-20-26-14-9-10-15-27(26)22-25)34(45)42(8)30(33(44)39-6)24-28-16-11-12-17-29(28)38/h9-20,22,30-31H,21,23-24H2,1-8H3,(H,39,44)(H,40,46). The Labute approximate surface area is 277 Å². The first kappa shape index (κ1) is 36.7. The average Bonchev–Trinajstić information content (AvgIpc) is 3.00. The lowest BCUT2D eigenvalue weighted by molar-refractivity contribution is -0.146. The average molecular weight is 647 g/mol. The Morgan fingerprint density at radius 2 is 1.49 bits per heavy atom. The third-order valence-electron chi connectivity index (χ3n) is 7.81. The Hall–Kier alpha value is -4.73. The molecule has 47 heavy (non-hydrogen) atoms. The van der Waals surface area contributed by atoms with Crippen molar-refractivity contribution in [1.82, 2.24) is 20.4 Å². The van der Waals surface area contributed by atoms with E-state index >= 15 is 0 Å². The highest BCUT2D eigenvalue weighted by atomic mass is 19.1. The number of carbonyl (C=O) groups is 4. The zero-order chi connectivity index (χ0) is 34.9. The fourth-order valence-electron chi connectivity index (χ4n) is 5.17. The number of hydrogen-bond donors (Lipinski definition) is 2. The van der Waals surface area contributed by atoms with E-state index in [0.717, 1.165) is 16.3 Å². The van der Waals surface area contributed by atoms with Crippen LogP contribution in [0.2, 0.25) is 0 Å². The fourth-order valence-corrected chi connectivity index (χ4v) is 5.17. The molecule has 0 saturated heterocycles. The van der Waals surface area contributed by atoms with Crippen LogP contribution in [0.25, 0.3) is 10.8 Å². The van der Waals surface area contributed by atoms with Gasteiger partial charge in [-0.25, -0.2) is 9.18 Å². The molecule has 0 spiro atoms. The summed E-state index contributed by atoms with van der Waals surface area (Å²) < 4.78 is 20.0. The number of hydrogen-bond acceptors (Lipinski definition) is 5. The first-order valence-corrected chi connectivity index (χ1v) is 15.6. The Kier molecular flexibility index (Phi) is 12.3. The third-order valence-corrected chi connectivity index (χ3v) is 7.81. The lowest BCUT2D eigenvalue weighted by atomic mass is 9.98. The van der Waals surface area contributed by atoms with E-state index in [1.807, 2.05) is 56.3 Å². The molecule has 3 rings (SSSR count). The topological polar surface area (TPSA) is 108 Å². The van der Waals surface area contributed by atoms with Crippen molar-refractivity contribution in [3.05, 3.63) is 95.8 Å². The summed E-state index contributed by atoms with van der Waals surface area (Å²) in [6, 6.07) is 17.8. The Bertz CT molecular complexity index is 1610. The van der Waals surface area contributed by atoms with Gasteiger partial charge in [0.2, 0.25) is 17.7 Å². The van der Waals surface area contributed by atoms with E-state index in [0.29, 0.717) is 12.0 Å². The van der Waals surface area contributed by atoms with Gasteiger partial charge in [0.25, 0.3) is 0 Å². The van der Waals surface area contributed by atoms with Crippen LogP contribution in [0.5, 0.6) is 0 Å². The van der Waals surface area contributed by atoms with Crippen LogP contribution in [-0.4, -0.2) is 78.0 Å². The number of nitrogens with zero attached hydrogens (tertiary/aromatic N) is 2. The molecule has 0 fully saturated rings. The van der Waals surface area contributed by atoms with Gasteiger partial charge in [0.05, 0.1) is 0 Å². The predicted molar refractivity (Wildman–Crippen MR) is 182 cm³/mol. The maximum absolute atomic E-state index is 14.6.